The van der Waals surface area contributed by atoms with Gasteiger partial charge in [0, 0.05) is 12.0 Å². The van der Waals surface area contributed by atoms with Crippen LogP contribution in [0.3, 0.4) is 0 Å². The highest BCUT2D eigenvalue weighted by molar-refractivity contribution is 5.86. The van der Waals surface area contributed by atoms with Gasteiger partial charge in [-0.05, 0) is 53.1 Å². The first-order valence-electron chi connectivity index (χ1n) is 9.67. The molecule has 0 bridgehead atoms. The van der Waals surface area contributed by atoms with Crippen molar-refractivity contribution < 1.29 is 14.6 Å². The topological polar surface area (TPSA) is 46.5 Å². The van der Waals surface area contributed by atoms with E-state index in [-0.39, 0.29) is 19.2 Å². The van der Waals surface area contributed by atoms with Crippen LogP contribution in [0.2, 0.25) is 0 Å². The molecule has 0 radical (unpaired) electrons. The van der Waals surface area contributed by atoms with Crippen LogP contribution in [-0.2, 0) is 35.4 Å². The fourth-order valence-electron chi connectivity index (χ4n) is 3.22. The lowest BCUT2D eigenvalue weighted by Crippen LogP contribution is -2.09. The number of hydrogen-bond acceptors (Lipinski definition) is 3. The zero-order valence-corrected chi connectivity index (χ0v) is 16.7. The number of aliphatic hydroxyl groups is 1. The maximum absolute atomic E-state index is 11.6. The fourth-order valence-corrected chi connectivity index (χ4v) is 3.22. The van der Waals surface area contributed by atoms with Gasteiger partial charge in [0.05, 0.1) is 13.2 Å². The summed E-state index contributed by atoms with van der Waals surface area (Å²) in [5, 5.41) is 9.65. The maximum Gasteiger partial charge on any atom is 0.333 e. The molecule has 0 fully saturated rings. The Kier molecular flexibility index (Phi) is 7.81. The molecule has 27 heavy (non-hydrogen) atoms. The molecule has 0 amide bonds. The maximum atomic E-state index is 11.6. The molecule has 0 heterocycles. The van der Waals surface area contributed by atoms with Crippen molar-refractivity contribution >= 4 is 5.97 Å². The van der Waals surface area contributed by atoms with Gasteiger partial charge in [0.15, 0.2) is 0 Å². The van der Waals surface area contributed by atoms with Crippen molar-refractivity contribution in [3.63, 3.8) is 0 Å². The van der Waals surface area contributed by atoms with Crippen LogP contribution in [0.4, 0.5) is 0 Å². The molecule has 0 saturated heterocycles. The Bertz CT molecular complexity index is 805. The normalized spacial score (nSPS) is 10.7. The molecule has 0 unspecified atom stereocenters. The molecule has 0 saturated carbocycles. The van der Waals surface area contributed by atoms with Crippen molar-refractivity contribution in [1.29, 1.82) is 0 Å². The zero-order valence-electron chi connectivity index (χ0n) is 16.7. The second-order valence-corrected chi connectivity index (χ2v) is 6.90. The van der Waals surface area contributed by atoms with Crippen LogP contribution in [0.5, 0.6) is 0 Å². The molecule has 0 spiro atoms. The number of carbonyl (C=O) groups excluding carboxylic acids is 1. The number of carbonyl (C=O) groups is 1. The molecule has 0 aliphatic carbocycles. The molecule has 0 aromatic heterocycles. The van der Waals surface area contributed by atoms with Gasteiger partial charge in [0.25, 0.3) is 0 Å². The van der Waals surface area contributed by atoms with E-state index in [0.717, 1.165) is 36.0 Å². The van der Waals surface area contributed by atoms with Crippen LogP contribution in [0, 0.1) is 0 Å². The largest absolute Gasteiger partial charge is 0.462 e. The average Bonchev–Trinajstić information content (AvgIpc) is 2.67. The van der Waals surface area contributed by atoms with Gasteiger partial charge in [-0.3, -0.25) is 0 Å². The minimum Gasteiger partial charge on any atom is -0.462 e. The second kappa shape index (κ2) is 10.1. The predicted molar refractivity (Wildman–Crippen MR) is 111 cm³/mol. The third kappa shape index (κ3) is 5.54. The van der Waals surface area contributed by atoms with E-state index in [1.165, 1.54) is 16.7 Å². The molecule has 2 rings (SSSR count). The molecule has 1 N–H and O–H groups in total. The second-order valence-electron chi connectivity index (χ2n) is 6.90. The standard InChI is InChI=1S/C24H30O3/c1-5-7-18-8-11-23(19(6-2)14-18)21-9-10-22(16-25)20(15-21)12-13-27-24(26)17(3)4/h8-11,14-15,25H,3,5-7,12-13,16H2,1-2,4H3. The van der Waals surface area contributed by atoms with Crippen molar-refractivity contribution in [2.75, 3.05) is 6.61 Å². The summed E-state index contributed by atoms with van der Waals surface area (Å²) >= 11 is 0. The van der Waals surface area contributed by atoms with Gasteiger partial charge in [0.1, 0.15) is 0 Å². The Morgan fingerprint density at radius 2 is 1.81 bits per heavy atom. The van der Waals surface area contributed by atoms with Crippen molar-refractivity contribution in [2.45, 2.75) is 53.1 Å². The summed E-state index contributed by atoms with van der Waals surface area (Å²) in [4.78, 5) is 11.6. The number of esters is 1. The summed E-state index contributed by atoms with van der Waals surface area (Å²) in [5.41, 5.74) is 7.32. The van der Waals surface area contributed by atoms with Crippen molar-refractivity contribution in [1.82, 2.24) is 0 Å². The van der Waals surface area contributed by atoms with Crippen LogP contribution in [0.15, 0.2) is 48.6 Å². The van der Waals surface area contributed by atoms with Crippen LogP contribution in [0.25, 0.3) is 11.1 Å². The highest BCUT2D eigenvalue weighted by Gasteiger charge is 2.10. The quantitative estimate of drug-likeness (QED) is 0.500. The van der Waals surface area contributed by atoms with Crippen LogP contribution >= 0.6 is 0 Å². The number of aryl methyl sites for hydroxylation is 2. The van der Waals surface area contributed by atoms with Gasteiger partial charge in [-0.25, -0.2) is 4.79 Å². The highest BCUT2D eigenvalue weighted by atomic mass is 16.5. The van der Waals surface area contributed by atoms with E-state index < -0.39 is 0 Å². The van der Waals surface area contributed by atoms with Crippen molar-refractivity contribution in [3.05, 3.63) is 70.8 Å². The Morgan fingerprint density at radius 3 is 2.44 bits per heavy atom. The van der Waals surface area contributed by atoms with Crippen LogP contribution in [-0.4, -0.2) is 17.7 Å². The van der Waals surface area contributed by atoms with E-state index in [0.29, 0.717) is 12.0 Å². The molecule has 0 aliphatic rings. The van der Waals surface area contributed by atoms with Crippen LogP contribution in [0.1, 0.15) is 49.4 Å². The monoisotopic (exact) mass is 366 g/mol. The number of ether oxygens (including phenoxy) is 1. The average molecular weight is 367 g/mol. The van der Waals surface area contributed by atoms with E-state index >= 15 is 0 Å². The first-order valence-corrected chi connectivity index (χ1v) is 9.67. The summed E-state index contributed by atoms with van der Waals surface area (Å²) in [6.45, 7) is 9.85. The number of hydrogen-bond donors (Lipinski definition) is 1. The van der Waals surface area contributed by atoms with Gasteiger partial charge in [-0.15, -0.1) is 0 Å². The van der Waals surface area contributed by atoms with Crippen molar-refractivity contribution in [2.24, 2.45) is 0 Å². The van der Waals surface area contributed by atoms with Gasteiger partial charge in [0.2, 0.25) is 0 Å². The minimum absolute atomic E-state index is 0.0277. The Labute approximate surface area is 162 Å². The fraction of sp³-hybridized carbons (Fsp3) is 0.375. The van der Waals surface area contributed by atoms with E-state index in [1.807, 2.05) is 6.07 Å². The third-order valence-corrected chi connectivity index (χ3v) is 4.73. The molecule has 0 atom stereocenters. The van der Waals surface area contributed by atoms with E-state index in [4.69, 9.17) is 4.74 Å². The first kappa shape index (κ1) is 20.9. The number of aliphatic hydroxyl groups excluding tert-OH is 1. The Hall–Kier alpha value is -2.39. The molecule has 3 heteroatoms. The molecule has 0 aliphatic heterocycles. The first-order chi connectivity index (χ1) is 13.0. The lowest BCUT2D eigenvalue weighted by atomic mass is 9.92. The molecule has 2 aromatic rings. The summed E-state index contributed by atoms with van der Waals surface area (Å²) in [6.07, 6.45) is 3.77. The summed E-state index contributed by atoms with van der Waals surface area (Å²) in [6, 6.07) is 12.8. The van der Waals surface area contributed by atoms with Crippen molar-refractivity contribution in [3.8, 4) is 11.1 Å². The van der Waals surface area contributed by atoms with Gasteiger partial charge >= 0.3 is 5.97 Å². The highest BCUT2D eigenvalue weighted by Crippen LogP contribution is 2.28. The summed E-state index contributed by atoms with van der Waals surface area (Å²) in [5.74, 6) is -0.378. The van der Waals surface area contributed by atoms with Gasteiger partial charge in [-0.1, -0.05) is 63.2 Å². The summed E-state index contributed by atoms with van der Waals surface area (Å²) in [7, 11) is 0. The molecule has 2 aromatic carbocycles. The molecule has 3 nitrogen and oxygen atoms in total. The van der Waals surface area contributed by atoms with Gasteiger partial charge in [-0.2, -0.15) is 0 Å². The molecular weight excluding hydrogens is 336 g/mol. The Morgan fingerprint density at radius 1 is 1.04 bits per heavy atom. The van der Waals surface area contributed by atoms with Gasteiger partial charge < -0.3 is 9.84 Å². The smallest absolute Gasteiger partial charge is 0.333 e. The minimum atomic E-state index is -0.378. The van der Waals surface area contributed by atoms with E-state index in [2.05, 4.69) is 50.8 Å². The Balaban J connectivity index is 2.28. The molecule has 144 valence electrons. The SMILES string of the molecule is C=C(C)C(=O)OCCc1cc(-c2ccc(CCC)cc2CC)ccc1CO. The lowest BCUT2D eigenvalue weighted by Gasteiger charge is -2.14. The van der Waals surface area contributed by atoms with E-state index in [1.54, 1.807) is 6.92 Å². The van der Waals surface area contributed by atoms with E-state index in [9.17, 15) is 9.90 Å². The van der Waals surface area contributed by atoms with Crippen LogP contribution < -0.4 is 0 Å². The number of benzene rings is 2. The number of rotatable bonds is 9. The third-order valence-electron chi connectivity index (χ3n) is 4.73. The predicted octanol–water partition coefficient (Wildman–Crippen LogP) is 5.02. The molecular formula is C24H30O3. The summed E-state index contributed by atoms with van der Waals surface area (Å²) < 4.78 is 5.22. The lowest BCUT2D eigenvalue weighted by molar-refractivity contribution is -0.138. The zero-order chi connectivity index (χ0) is 19.8.